The molecule has 0 saturated carbocycles. The summed E-state index contributed by atoms with van der Waals surface area (Å²) >= 11 is 0. The summed E-state index contributed by atoms with van der Waals surface area (Å²) in [7, 11) is 0. The van der Waals surface area contributed by atoms with Crippen LogP contribution in [-0.4, -0.2) is 16.3 Å². The van der Waals surface area contributed by atoms with Crippen LogP contribution in [0.3, 0.4) is 0 Å². The molecule has 1 aromatic heterocycles. The van der Waals surface area contributed by atoms with E-state index >= 15 is 0 Å². The van der Waals surface area contributed by atoms with Gasteiger partial charge in [0, 0.05) is 18.8 Å². The summed E-state index contributed by atoms with van der Waals surface area (Å²) in [4.78, 5) is 0. The molecule has 2 aromatic rings. The second kappa shape index (κ2) is 7.41. The van der Waals surface area contributed by atoms with Crippen molar-refractivity contribution < 1.29 is 0 Å². The molecule has 1 aromatic carbocycles. The number of nitrogens with one attached hydrogen (secondary N) is 1. The lowest BCUT2D eigenvalue weighted by Gasteiger charge is -2.19. The topological polar surface area (TPSA) is 29.9 Å². The van der Waals surface area contributed by atoms with E-state index in [4.69, 9.17) is 0 Å². The van der Waals surface area contributed by atoms with E-state index in [0.29, 0.717) is 6.04 Å². The highest BCUT2D eigenvalue weighted by atomic mass is 15.3. The molecule has 0 amide bonds. The van der Waals surface area contributed by atoms with E-state index in [1.54, 1.807) is 0 Å². The average Bonchev–Trinajstić information content (AvgIpc) is 2.90. The Hall–Kier alpha value is -1.61. The van der Waals surface area contributed by atoms with Gasteiger partial charge in [0.25, 0.3) is 0 Å². The van der Waals surface area contributed by atoms with Crippen molar-refractivity contribution in [2.45, 2.75) is 53.1 Å². The molecule has 1 unspecified atom stereocenters. The highest BCUT2D eigenvalue weighted by Gasteiger charge is 2.13. The Bertz CT molecular complexity index is 551. The first-order chi connectivity index (χ1) is 10.1. The lowest BCUT2D eigenvalue weighted by atomic mass is 9.97. The largest absolute Gasteiger partial charge is 0.310 e. The summed E-state index contributed by atoms with van der Waals surface area (Å²) in [6, 6.07) is 7.18. The van der Waals surface area contributed by atoms with E-state index in [1.807, 2.05) is 10.9 Å². The van der Waals surface area contributed by atoms with Crippen LogP contribution in [0, 0.1) is 13.8 Å². The minimum atomic E-state index is 0.359. The number of hydrogen-bond donors (Lipinski definition) is 1. The molecule has 114 valence electrons. The molecule has 0 spiro atoms. The van der Waals surface area contributed by atoms with Gasteiger partial charge in [0.15, 0.2) is 0 Å². The molecule has 3 nitrogen and oxygen atoms in total. The van der Waals surface area contributed by atoms with Crippen molar-refractivity contribution >= 4 is 0 Å². The highest BCUT2D eigenvalue weighted by molar-refractivity contribution is 5.31. The lowest BCUT2D eigenvalue weighted by molar-refractivity contribution is 0.528. The van der Waals surface area contributed by atoms with Crippen molar-refractivity contribution in [3.63, 3.8) is 0 Å². The van der Waals surface area contributed by atoms with E-state index in [2.05, 4.69) is 62.5 Å². The first kappa shape index (κ1) is 15.8. The fourth-order valence-electron chi connectivity index (χ4n) is 2.76. The molecular weight excluding hydrogens is 258 g/mol. The fourth-order valence-corrected chi connectivity index (χ4v) is 2.76. The maximum absolute atomic E-state index is 4.39. The van der Waals surface area contributed by atoms with E-state index in [9.17, 15) is 0 Å². The minimum Gasteiger partial charge on any atom is -0.310 e. The van der Waals surface area contributed by atoms with Gasteiger partial charge in [-0.25, -0.2) is 0 Å². The zero-order valence-electron chi connectivity index (χ0n) is 13.7. The Morgan fingerprint density at radius 2 is 1.86 bits per heavy atom. The Labute approximate surface area is 128 Å². The molecule has 0 radical (unpaired) electrons. The summed E-state index contributed by atoms with van der Waals surface area (Å²) in [6.45, 7) is 10.6. The summed E-state index contributed by atoms with van der Waals surface area (Å²) < 4.78 is 1.99. The molecule has 1 N–H and O–H groups in total. The monoisotopic (exact) mass is 285 g/mol. The minimum absolute atomic E-state index is 0.359. The molecule has 3 heteroatoms. The summed E-state index contributed by atoms with van der Waals surface area (Å²) in [5, 5.41) is 8.06. The van der Waals surface area contributed by atoms with E-state index in [1.165, 1.54) is 22.3 Å². The zero-order chi connectivity index (χ0) is 15.2. The van der Waals surface area contributed by atoms with E-state index in [0.717, 1.165) is 25.9 Å². The standard InChI is InChI=1S/C18H27N3/c1-5-7-19-18(11-16-12-20-21(6-2)13-16)17-9-14(3)8-15(4)10-17/h8-10,12-13,18-19H,5-7,11H2,1-4H3. The fraction of sp³-hybridized carbons (Fsp3) is 0.500. The molecule has 1 heterocycles. The summed E-state index contributed by atoms with van der Waals surface area (Å²) in [6.07, 6.45) is 6.29. The molecule has 0 saturated heterocycles. The molecule has 1 atom stereocenters. The normalized spacial score (nSPS) is 12.6. The lowest BCUT2D eigenvalue weighted by Crippen LogP contribution is -2.24. The third kappa shape index (κ3) is 4.43. The zero-order valence-corrected chi connectivity index (χ0v) is 13.7. The Morgan fingerprint density at radius 1 is 1.14 bits per heavy atom. The molecule has 0 aliphatic carbocycles. The average molecular weight is 285 g/mol. The van der Waals surface area contributed by atoms with Gasteiger partial charge in [-0.15, -0.1) is 0 Å². The second-order valence-electron chi connectivity index (χ2n) is 5.84. The van der Waals surface area contributed by atoms with Crippen molar-refractivity contribution in [1.29, 1.82) is 0 Å². The van der Waals surface area contributed by atoms with Crippen LogP contribution >= 0.6 is 0 Å². The number of hydrogen-bond acceptors (Lipinski definition) is 2. The molecule has 2 rings (SSSR count). The predicted octanol–water partition coefficient (Wildman–Crippen LogP) is 3.80. The van der Waals surface area contributed by atoms with Crippen LogP contribution in [0.1, 0.15) is 48.6 Å². The van der Waals surface area contributed by atoms with Crippen molar-refractivity contribution in [2.75, 3.05) is 6.54 Å². The van der Waals surface area contributed by atoms with Crippen molar-refractivity contribution in [3.05, 3.63) is 52.8 Å². The first-order valence-corrected chi connectivity index (χ1v) is 7.95. The Morgan fingerprint density at radius 3 is 2.43 bits per heavy atom. The van der Waals surface area contributed by atoms with Crippen molar-refractivity contribution in [2.24, 2.45) is 0 Å². The predicted molar refractivity (Wildman–Crippen MR) is 88.6 cm³/mol. The van der Waals surface area contributed by atoms with Gasteiger partial charge in [0.05, 0.1) is 6.20 Å². The SMILES string of the molecule is CCCNC(Cc1cnn(CC)c1)c1cc(C)cc(C)c1. The molecular formula is C18H27N3. The molecule has 21 heavy (non-hydrogen) atoms. The molecule has 0 aliphatic rings. The molecule has 0 bridgehead atoms. The Kier molecular flexibility index (Phi) is 5.57. The van der Waals surface area contributed by atoms with Gasteiger partial charge >= 0.3 is 0 Å². The first-order valence-electron chi connectivity index (χ1n) is 7.95. The van der Waals surface area contributed by atoms with Crippen LogP contribution in [0.2, 0.25) is 0 Å². The van der Waals surface area contributed by atoms with E-state index < -0.39 is 0 Å². The van der Waals surface area contributed by atoms with Crippen LogP contribution in [0.25, 0.3) is 0 Å². The van der Waals surface area contributed by atoms with Gasteiger partial charge in [-0.1, -0.05) is 36.2 Å². The van der Waals surface area contributed by atoms with Gasteiger partial charge < -0.3 is 5.32 Å². The molecule has 0 fully saturated rings. The van der Waals surface area contributed by atoms with Gasteiger partial charge in [-0.3, -0.25) is 4.68 Å². The van der Waals surface area contributed by atoms with E-state index in [-0.39, 0.29) is 0 Å². The summed E-state index contributed by atoms with van der Waals surface area (Å²) in [5.41, 5.74) is 5.34. The van der Waals surface area contributed by atoms with Gasteiger partial charge in [0.2, 0.25) is 0 Å². The molecule has 0 aliphatic heterocycles. The smallest absolute Gasteiger partial charge is 0.0522 e. The van der Waals surface area contributed by atoms with Crippen LogP contribution in [0.5, 0.6) is 0 Å². The number of aromatic nitrogens is 2. The Balaban J connectivity index is 2.20. The number of benzene rings is 1. The highest BCUT2D eigenvalue weighted by Crippen LogP contribution is 2.21. The van der Waals surface area contributed by atoms with Crippen LogP contribution in [0.4, 0.5) is 0 Å². The van der Waals surface area contributed by atoms with Crippen molar-refractivity contribution in [1.82, 2.24) is 15.1 Å². The van der Waals surface area contributed by atoms with Crippen LogP contribution in [0.15, 0.2) is 30.6 Å². The number of aryl methyl sites for hydroxylation is 3. The van der Waals surface area contributed by atoms with Crippen LogP contribution < -0.4 is 5.32 Å². The number of nitrogens with zero attached hydrogens (tertiary/aromatic N) is 2. The second-order valence-corrected chi connectivity index (χ2v) is 5.84. The van der Waals surface area contributed by atoms with Crippen molar-refractivity contribution in [3.8, 4) is 0 Å². The van der Waals surface area contributed by atoms with Gasteiger partial charge in [-0.2, -0.15) is 5.10 Å². The van der Waals surface area contributed by atoms with Gasteiger partial charge in [0.1, 0.15) is 0 Å². The number of rotatable bonds is 7. The summed E-state index contributed by atoms with van der Waals surface area (Å²) in [5.74, 6) is 0. The maximum Gasteiger partial charge on any atom is 0.0522 e. The quantitative estimate of drug-likeness (QED) is 0.838. The maximum atomic E-state index is 4.39. The van der Waals surface area contributed by atoms with Crippen LogP contribution in [-0.2, 0) is 13.0 Å². The third-order valence-corrected chi connectivity index (χ3v) is 3.74. The third-order valence-electron chi connectivity index (χ3n) is 3.74. The van der Waals surface area contributed by atoms with Gasteiger partial charge in [-0.05, 0) is 51.3 Å².